The smallest absolute Gasteiger partial charge is 0.481 e. The van der Waals surface area contributed by atoms with Crippen molar-refractivity contribution >= 4 is 22.4 Å². The molecule has 0 unspecified atom stereocenters. The molecule has 0 saturated carbocycles. The fraction of sp³-hybridized carbons (Fsp3) is 0.421. The van der Waals surface area contributed by atoms with Gasteiger partial charge in [0, 0.05) is 17.2 Å². The van der Waals surface area contributed by atoms with Crippen LogP contribution in [0.25, 0.3) is 0 Å². The molecule has 1 aromatic heterocycles. The summed E-state index contributed by atoms with van der Waals surface area (Å²) in [6, 6.07) is 6.89. The average Bonchev–Trinajstić information content (AvgIpc) is 2.82. The van der Waals surface area contributed by atoms with Crippen molar-refractivity contribution in [1.29, 1.82) is 0 Å². The standard InChI is InChI=1S/C19H23BFNO5S/c1-18(2)19(3,4)27-20(26-18)14-10-13(17(25-5)22-11-14)12-28(23,24)16-9-7-6-8-15(16)21/h6-11H,12H2,1-5H3. The van der Waals surface area contributed by atoms with E-state index in [9.17, 15) is 12.8 Å². The molecule has 2 aromatic rings. The van der Waals surface area contributed by atoms with E-state index in [1.54, 1.807) is 6.07 Å². The molecular formula is C19H23BFNO5S. The molecular weight excluding hydrogens is 384 g/mol. The first-order valence-electron chi connectivity index (χ1n) is 8.82. The van der Waals surface area contributed by atoms with Crippen LogP contribution in [-0.2, 0) is 24.9 Å². The number of benzene rings is 1. The van der Waals surface area contributed by atoms with Crippen molar-refractivity contribution in [2.45, 2.75) is 49.5 Å². The van der Waals surface area contributed by atoms with Crippen molar-refractivity contribution in [1.82, 2.24) is 4.98 Å². The lowest BCUT2D eigenvalue weighted by Gasteiger charge is -2.32. The normalized spacial score (nSPS) is 18.3. The third-order valence-electron chi connectivity index (χ3n) is 5.18. The molecule has 9 heteroatoms. The molecule has 3 rings (SSSR count). The molecule has 0 amide bonds. The number of halogens is 1. The maximum atomic E-state index is 14.0. The summed E-state index contributed by atoms with van der Waals surface area (Å²) in [5.74, 6) is -1.10. The minimum atomic E-state index is -3.94. The van der Waals surface area contributed by atoms with Gasteiger partial charge in [0.2, 0.25) is 5.88 Å². The summed E-state index contributed by atoms with van der Waals surface area (Å²) in [6.07, 6.45) is 1.53. The number of hydrogen-bond donors (Lipinski definition) is 0. The molecule has 0 radical (unpaired) electrons. The second-order valence-corrected chi connectivity index (χ2v) is 9.67. The Morgan fingerprint density at radius 2 is 1.75 bits per heavy atom. The summed E-state index contributed by atoms with van der Waals surface area (Å²) < 4.78 is 56.7. The Morgan fingerprint density at radius 1 is 1.14 bits per heavy atom. The fourth-order valence-electron chi connectivity index (χ4n) is 2.89. The lowest BCUT2D eigenvalue weighted by atomic mass is 9.80. The van der Waals surface area contributed by atoms with Gasteiger partial charge in [0.05, 0.1) is 24.1 Å². The molecule has 0 atom stereocenters. The van der Waals surface area contributed by atoms with Gasteiger partial charge in [-0.25, -0.2) is 17.8 Å². The quantitative estimate of drug-likeness (QED) is 0.710. The maximum Gasteiger partial charge on any atom is 0.496 e. The summed E-state index contributed by atoms with van der Waals surface area (Å²) in [5.41, 5.74) is -0.218. The highest BCUT2D eigenvalue weighted by Crippen LogP contribution is 2.36. The lowest BCUT2D eigenvalue weighted by Crippen LogP contribution is -2.41. The first kappa shape index (κ1) is 20.8. The van der Waals surface area contributed by atoms with Crippen LogP contribution in [0.1, 0.15) is 33.3 Å². The topological polar surface area (TPSA) is 74.7 Å². The largest absolute Gasteiger partial charge is 0.496 e. The molecule has 1 aliphatic rings. The molecule has 1 aliphatic heterocycles. The van der Waals surface area contributed by atoms with Gasteiger partial charge in [0.25, 0.3) is 0 Å². The van der Waals surface area contributed by atoms with E-state index in [-0.39, 0.29) is 10.8 Å². The summed E-state index contributed by atoms with van der Waals surface area (Å²) in [6.45, 7) is 7.70. The molecule has 6 nitrogen and oxygen atoms in total. The molecule has 2 heterocycles. The minimum Gasteiger partial charge on any atom is -0.481 e. The number of hydrogen-bond acceptors (Lipinski definition) is 6. The van der Waals surface area contributed by atoms with E-state index in [0.717, 1.165) is 6.07 Å². The third-order valence-corrected chi connectivity index (χ3v) is 6.87. The van der Waals surface area contributed by atoms with E-state index in [1.165, 1.54) is 31.5 Å². The first-order valence-corrected chi connectivity index (χ1v) is 10.5. The van der Waals surface area contributed by atoms with Crippen LogP contribution in [0.4, 0.5) is 4.39 Å². The van der Waals surface area contributed by atoms with Gasteiger partial charge < -0.3 is 14.0 Å². The van der Waals surface area contributed by atoms with Crippen molar-refractivity contribution in [3.05, 3.63) is 47.9 Å². The zero-order chi connectivity index (χ0) is 20.7. The van der Waals surface area contributed by atoms with Gasteiger partial charge in [0.1, 0.15) is 10.7 Å². The Hall–Kier alpha value is -1.97. The highest BCUT2D eigenvalue weighted by atomic mass is 32.2. The van der Waals surface area contributed by atoms with Crippen molar-refractivity contribution in [2.24, 2.45) is 0 Å². The van der Waals surface area contributed by atoms with Crippen molar-refractivity contribution in [3.8, 4) is 5.88 Å². The number of rotatable bonds is 5. The van der Waals surface area contributed by atoms with E-state index in [2.05, 4.69) is 4.98 Å². The highest BCUT2D eigenvalue weighted by Gasteiger charge is 2.52. The van der Waals surface area contributed by atoms with Crippen LogP contribution in [0.2, 0.25) is 0 Å². The summed E-state index contributed by atoms with van der Waals surface area (Å²) in [7, 11) is -3.24. The number of pyridine rings is 1. The van der Waals surface area contributed by atoms with Gasteiger partial charge in [-0.3, -0.25) is 0 Å². The van der Waals surface area contributed by atoms with Crippen LogP contribution in [0.5, 0.6) is 5.88 Å². The van der Waals surface area contributed by atoms with Gasteiger partial charge in [-0.2, -0.15) is 0 Å². The van der Waals surface area contributed by atoms with Gasteiger partial charge in [0.15, 0.2) is 9.84 Å². The van der Waals surface area contributed by atoms with Crippen molar-refractivity contribution in [3.63, 3.8) is 0 Å². The minimum absolute atomic E-state index is 0.153. The van der Waals surface area contributed by atoms with Crippen LogP contribution in [0, 0.1) is 5.82 Å². The van der Waals surface area contributed by atoms with Crippen LogP contribution in [0.3, 0.4) is 0 Å². The molecule has 1 saturated heterocycles. The molecule has 1 aromatic carbocycles. The predicted octanol–water partition coefficient (Wildman–Crippen LogP) is 2.50. The monoisotopic (exact) mass is 407 g/mol. The fourth-order valence-corrected chi connectivity index (χ4v) is 4.31. The predicted molar refractivity (Wildman–Crippen MR) is 104 cm³/mol. The van der Waals surface area contributed by atoms with Crippen molar-refractivity contribution in [2.75, 3.05) is 7.11 Å². The molecule has 150 valence electrons. The summed E-state index contributed by atoms with van der Waals surface area (Å²) in [5, 5.41) is 0. The second-order valence-electron chi connectivity index (χ2n) is 7.71. The number of aromatic nitrogens is 1. The maximum absolute atomic E-state index is 14.0. The van der Waals surface area contributed by atoms with Crippen LogP contribution in [0.15, 0.2) is 41.4 Å². The first-order chi connectivity index (χ1) is 13.0. The molecule has 0 spiro atoms. The molecule has 1 fully saturated rings. The summed E-state index contributed by atoms with van der Waals surface area (Å²) >= 11 is 0. The molecule has 0 bridgehead atoms. The number of ether oxygens (including phenoxy) is 1. The Morgan fingerprint density at radius 3 is 2.32 bits per heavy atom. The number of methoxy groups -OCH3 is 1. The van der Waals surface area contributed by atoms with Crippen LogP contribution < -0.4 is 10.2 Å². The molecule has 0 aliphatic carbocycles. The van der Waals surface area contributed by atoms with E-state index < -0.39 is 39.7 Å². The molecule has 0 N–H and O–H groups in total. The van der Waals surface area contributed by atoms with E-state index in [4.69, 9.17) is 14.0 Å². The van der Waals surface area contributed by atoms with E-state index in [0.29, 0.717) is 11.0 Å². The Labute approximate surface area is 165 Å². The SMILES string of the molecule is COc1ncc(B2OC(C)(C)C(C)(C)O2)cc1CS(=O)(=O)c1ccccc1F. The molecule has 28 heavy (non-hydrogen) atoms. The number of nitrogens with zero attached hydrogens (tertiary/aromatic N) is 1. The van der Waals surface area contributed by atoms with Gasteiger partial charge in [-0.1, -0.05) is 18.2 Å². The van der Waals surface area contributed by atoms with Gasteiger partial charge in [-0.05, 0) is 39.8 Å². The zero-order valence-corrected chi connectivity index (χ0v) is 17.3. The third kappa shape index (κ3) is 3.79. The Balaban J connectivity index is 1.96. The average molecular weight is 407 g/mol. The van der Waals surface area contributed by atoms with Crippen LogP contribution >= 0.6 is 0 Å². The number of sulfone groups is 1. The Bertz CT molecular complexity index is 978. The second kappa shape index (κ2) is 7.13. The van der Waals surface area contributed by atoms with Gasteiger partial charge >= 0.3 is 7.12 Å². The van der Waals surface area contributed by atoms with E-state index in [1.807, 2.05) is 27.7 Å². The Kier molecular flexibility index (Phi) is 5.29. The lowest BCUT2D eigenvalue weighted by molar-refractivity contribution is 0.00578. The van der Waals surface area contributed by atoms with Gasteiger partial charge in [-0.15, -0.1) is 0 Å². The van der Waals surface area contributed by atoms with Crippen molar-refractivity contribution < 1.29 is 26.9 Å². The highest BCUT2D eigenvalue weighted by molar-refractivity contribution is 7.90. The summed E-state index contributed by atoms with van der Waals surface area (Å²) in [4.78, 5) is 3.83. The van der Waals surface area contributed by atoms with Crippen LogP contribution in [-0.4, -0.2) is 38.8 Å². The van der Waals surface area contributed by atoms with E-state index >= 15 is 0 Å². The zero-order valence-electron chi connectivity index (χ0n) is 16.5.